The molecule has 0 bridgehead atoms. The zero-order valence-corrected chi connectivity index (χ0v) is 18.5. The van der Waals surface area contributed by atoms with Gasteiger partial charge in [0.25, 0.3) is 5.91 Å². The lowest BCUT2D eigenvalue weighted by atomic mass is 10.1. The first kappa shape index (κ1) is 22.7. The Morgan fingerprint density at radius 2 is 1.71 bits per heavy atom. The molecule has 0 saturated carbocycles. The molecule has 0 saturated heterocycles. The van der Waals surface area contributed by atoms with E-state index >= 15 is 0 Å². The molecule has 0 spiro atoms. The van der Waals surface area contributed by atoms with Crippen LogP contribution in [-0.2, 0) is 6.54 Å². The molecule has 0 aliphatic rings. The summed E-state index contributed by atoms with van der Waals surface area (Å²) in [6, 6.07) is 19.6. The van der Waals surface area contributed by atoms with Crippen LogP contribution in [0, 0.1) is 11.2 Å². The third kappa shape index (κ3) is 4.66. The molecule has 0 aliphatic heterocycles. The van der Waals surface area contributed by atoms with E-state index in [4.69, 9.17) is 16.9 Å². The number of nitrogens with zero attached hydrogens (tertiary/aromatic N) is 1. The number of rotatable bonds is 7. The number of nitrogens with two attached hydrogens (primary N) is 2. The molecule has 34 heavy (non-hydrogen) atoms. The number of carbonyl (C=O) groups is 2. The van der Waals surface area contributed by atoms with E-state index in [1.807, 2.05) is 10.6 Å². The molecular weight excluding hydrogens is 433 g/mol. The highest BCUT2D eigenvalue weighted by molar-refractivity contribution is 6.02. The van der Waals surface area contributed by atoms with Crippen LogP contribution in [0.4, 0.5) is 4.39 Å². The van der Waals surface area contributed by atoms with Crippen molar-refractivity contribution in [2.24, 2.45) is 11.5 Å². The van der Waals surface area contributed by atoms with Gasteiger partial charge in [0.1, 0.15) is 17.3 Å². The van der Waals surface area contributed by atoms with E-state index in [0.717, 1.165) is 16.5 Å². The number of fused-ring (bicyclic) bond motifs is 1. The summed E-state index contributed by atoms with van der Waals surface area (Å²) in [5.41, 5.74) is 14.6. The van der Waals surface area contributed by atoms with Crippen molar-refractivity contribution in [2.45, 2.75) is 19.5 Å². The van der Waals surface area contributed by atoms with Crippen LogP contribution in [0.3, 0.4) is 0 Å². The number of aromatic nitrogens is 1. The minimum Gasteiger partial charge on any atom is -0.384 e. The lowest BCUT2D eigenvalue weighted by molar-refractivity contribution is 0.0930. The highest BCUT2D eigenvalue weighted by Crippen LogP contribution is 2.24. The molecule has 1 heterocycles. The molecule has 0 aliphatic carbocycles. The predicted molar refractivity (Wildman–Crippen MR) is 129 cm³/mol. The summed E-state index contributed by atoms with van der Waals surface area (Å²) in [4.78, 5) is 24.7. The van der Waals surface area contributed by atoms with Crippen molar-refractivity contribution >= 4 is 28.6 Å². The summed E-state index contributed by atoms with van der Waals surface area (Å²) in [5, 5.41) is 11.5. The van der Waals surface area contributed by atoms with E-state index in [2.05, 4.69) is 5.32 Å². The average Bonchev–Trinajstić information content (AvgIpc) is 3.17. The summed E-state index contributed by atoms with van der Waals surface area (Å²) in [5.74, 6) is -1.29. The van der Waals surface area contributed by atoms with E-state index in [1.54, 1.807) is 61.5 Å². The summed E-state index contributed by atoms with van der Waals surface area (Å²) in [6.07, 6.45) is 0. The Morgan fingerprint density at radius 1 is 1.00 bits per heavy atom. The number of carbonyl (C=O) groups excluding carboxylic acids is 2. The van der Waals surface area contributed by atoms with Crippen molar-refractivity contribution < 1.29 is 14.0 Å². The molecular formula is C26H24FN5O2. The second kappa shape index (κ2) is 9.19. The topological polar surface area (TPSA) is 127 Å². The van der Waals surface area contributed by atoms with Crippen LogP contribution in [-0.4, -0.2) is 22.2 Å². The van der Waals surface area contributed by atoms with Crippen LogP contribution in [0.2, 0.25) is 0 Å². The standard InChI is InChI=1S/C26H24FN5O2/c1-15(18-3-2-4-21(27)11-18)31-26(34)23-12-19-9-10-20(24(28)29)13-22(19)32(23)14-16-5-7-17(8-6-16)25(30)33/h2-13,15H,14H2,1H3,(H3,28,29)(H2,30,33)(H,31,34)/t15-/m0/s1. The van der Waals surface area contributed by atoms with Gasteiger partial charge < -0.3 is 21.4 Å². The molecule has 7 nitrogen and oxygen atoms in total. The molecule has 2 amide bonds. The Kier molecular flexibility index (Phi) is 6.14. The third-order valence-corrected chi connectivity index (χ3v) is 5.72. The van der Waals surface area contributed by atoms with E-state index in [1.165, 1.54) is 12.1 Å². The Bertz CT molecular complexity index is 1410. The highest BCUT2D eigenvalue weighted by Gasteiger charge is 2.19. The van der Waals surface area contributed by atoms with Gasteiger partial charge in [-0.05, 0) is 54.4 Å². The number of halogens is 1. The van der Waals surface area contributed by atoms with Crippen molar-refractivity contribution in [3.8, 4) is 0 Å². The fourth-order valence-electron chi connectivity index (χ4n) is 3.87. The van der Waals surface area contributed by atoms with Gasteiger partial charge in [0.15, 0.2) is 0 Å². The molecule has 172 valence electrons. The van der Waals surface area contributed by atoms with Crippen LogP contribution in [0.1, 0.15) is 50.5 Å². The van der Waals surface area contributed by atoms with Gasteiger partial charge in [-0.1, -0.05) is 36.4 Å². The maximum atomic E-state index is 13.6. The number of hydrogen-bond donors (Lipinski definition) is 4. The van der Waals surface area contributed by atoms with E-state index in [9.17, 15) is 14.0 Å². The maximum absolute atomic E-state index is 13.6. The molecule has 0 unspecified atom stereocenters. The van der Waals surface area contributed by atoms with Crippen molar-refractivity contribution in [1.82, 2.24) is 9.88 Å². The first-order valence-electron chi connectivity index (χ1n) is 10.7. The largest absolute Gasteiger partial charge is 0.384 e. The van der Waals surface area contributed by atoms with Crippen molar-refractivity contribution in [3.63, 3.8) is 0 Å². The number of nitrogen functional groups attached to an aromatic ring is 1. The molecule has 8 heteroatoms. The molecule has 1 aromatic heterocycles. The molecule has 1 atom stereocenters. The molecule has 4 rings (SSSR count). The third-order valence-electron chi connectivity index (χ3n) is 5.72. The zero-order valence-electron chi connectivity index (χ0n) is 18.5. The molecule has 0 radical (unpaired) electrons. The monoisotopic (exact) mass is 457 g/mol. The van der Waals surface area contributed by atoms with Gasteiger partial charge in [-0.2, -0.15) is 0 Å². The number of hydrogen-bond acceptors (Lipinski definition) is 3. The normalized spacial score (nSPS) is 11.8. The van der Waals surface area contributed by atoms with E-state index in [0.29, 0.717) is 28.9 Å². The summed E-state index contributed by atoms with van der Waals surface area (Å²) in [7, 11) is 0. The summed E-state index contributed by atoms with van der Waals surface area (Å²) >= 11 is 0. The van der Waals surface area contributed by atoms with Crippen LogP contribution in [0.25, 0.3) is 10.9 Å². The van der Waals surface area contributed by atoms with Crippen molar-refractivity contribution in [2.75, 3.05) is 0 Å². The Morgan fingerprint density at radius 3 is 2.35 bits per heavy atom. The molecule has 0 fully saturated rings. The summed E-state index contributed by atoms with van der Waals surface area (Å²) in [6.45, 7) is 2.12. The number of amides is 2. The van der Waals surface area contributed by atoms with Gasteiger partial charge >= 0.3 is 0 Å². The fraction of sp³-hybridized carbons (Fsp3) is 0.115. The second-order valence-corrected chi connectivity index (χ2v) is 8.11. The minimum atomic E-state index is -0.518. The number of nitrogens with one attached hydrogen (secondary N) is 2. The molecule has 4 aromatic rings. The van der Waals surface area contributed by atoms with Gasteiger partial charge in [0.2, 0.25) is 5.91 Å². The smallest absolute Gasteiger partial charge is 0.268 e. The highest BCUT2D eigenvalue weighted by atomic mass is 19.1. The van der Waals surface area contributed by atoms with Crippen molar-refractivity contribution in [3.05, 3.63) is 107 Å². The average molecular weight is 458 g/mol. The Labute approximate surface area is 195 Å². The first-order chi connectivity index (χ1) is 16.2. The predicted octanol–water partition coefficient (Wildman–Crippen LogP) is 3.70. The van der Waals surface area contributed by atoms with Gasteiger partial charge in [-0.15, -0.1) is 0 Å². The molecule has 6 N–H and O–H groups in total. The van der Waals surface area contributed by atoms with Crippen LogP contribution >= 0.6 is 0 Å². The van der Waals surface area contributed by atoms with Gasteiger partial charge in [0.05, 0.1) is 6.04 Å². The lowest BCUT2D eigenvalue weighted by Gasteiger charge is -2.16. The lowest BCUT2D eigenvalue weighted by Crippen LogP contribution is -2.28. The number of benzene rings is 3. The van der Waals surface area contributed by atoms with Crippen LogP contribution in [0.5, 0.6) is 0 Å². The van der Waals surface area contributed by atoms with Crippen LogP contribution in [0.15, 0.2) is 72.8 Å². The van der Waals surface area contributed by atoms with Gasteiger partial charge in [-0.3, -0.25) is 15.0 Å². The molecule has 3 aromatic carbocycles. The number of primary amides is 1. The summed E-state index contributed by atoms with van der Waals surface area (Å²) < 4.78 is 15.5. The Hall–Kier alpha value is -4.46. The maximum Gasteiger partial charge on any atom is 0.268 e. The minimum absolute atomic E-state index is 0.0776. The van der Waals surface area contributed by atoms with E-state index in [-0.39, 0.29) is 17.6 Å². The first-order valence-corrected chi connectivity index (χ1v) is 10.7. The Balaban J connectivity index is 1.73. The van der Waals surface area contributed by atoms with E-state index < -0.39 is 11.9 Å². The quantitative estimate of drug-likeness (QED) is 0.250. The van der Waals surface area contributed by atoms with Crippen molar-refractivity contribution in [1.29, 1.82) is 5.41 Å². The van der Waals surface area contributed by atoms with Gasteiger partial charge in [-0.25, -0.2) is 4.39 Å². The van der Waals surface area contributed by atoms with Gasteiger partial charge in [0, 0.05) is 28.6 Å². The second-order valence-electron chi connectivity index (χ2n) is 8.11. The zero-order chi connectivity index (χ0) is 24.4. The van der Waals surface area contributed by atoms with Crippen LogP contribution < -0.4 is 16.8 Å². The fourth-order valence-corrected chi connectivity index (χ4v) is 3.87. The number of amidine groups is 1. The SMILES string of the molecule is C[C@H](NC(=O)c1cc2ccc(C(=N)N)cc2n1Cc1ccc(C(N)=O)cc1)c1cccc(F)c1.